The Morgan fingerprint density at radius 3 is 2.91 bits per heavy atom. The second-order valence-electron chi connectivity index (χ2n) is 5.79. The standard InChI is InChI=1S/C15H23N7O/c1-16-14-3-6-17-15(18-14)21-7-4-12(5-8-21)9-22-10-13(11-23-2)19-20-22/h3,6,10,12H,4-5,7-9,11H2,1-2H3,(H,16,17,18). The minimum atomic E-state index is 0.511. The molecule has 1 aliphatic rings. The molecule has 0 aromatic carbocycles. The van der Waals surface area contributed by atoms with Crippen LogP contribution in [-0.4, -0.2) is 52.2 Å². The average Bonchev–Trinajstić information content (AvgIpc) is 3.03. The molecule has 0 atom stereocenters. The lowest BCUT2D eigenvalue weighted by molar-refractivity contribution is 0.181. The van der Waals surface area contributed by atoms with E-state index >= 15 is 0 Å². The minimum Gasteiger partial charge on any atom is -0.378 e. The van der Waals surface area contributed by atoms with Crippen molar-refractivity contribution >= 4 is 11.8 Å². The van der Waals surface area contributed by atoms with Gasteiger partial charge in [0.2, 0.25) is 5.95 Å². The predicted molar refractivity (Wildman–Crippen MR) is 87.3 cm³/mol. The number of hydrogen-bond donors (Lipinski definition) is 1. The first-order chi connectivity index (χ1) is 11.3. The Bertz CT molecular complexity index is 622. The zero-order valence-electron chi connectivity index (χ0n) is 13.6. The summed E-state index contributed by atoms with van der Waals surface area (Å²) in [7, 11) is 3.54. The molecule has 3 heterocycles. The Morgan fingerprint density at radius 1 is 1.35 bits per heavy atom. The first kappa shape index (κ1) is 15.7. The van der Waals surface area contributed by atoms with Crippen LogP contribution in [0.5, 0.6) is 0 Å². The summed E-state index contributed by atoms with van der Waals surface area (Å²) in [5.74, 6) is 2.26. The van der Waals surface area contributed by atoms with Crippen LogP contribution in [0.3, 0.4) is 0 Å². The third kappa shape index (κ3) is 3.95. The normalized spacial score (nSPS) is 15.8. The topological polar surface area (TPSA) is 81.0 Å². The quantitative estimate of drug-likeness (QED) is 0.856. The van der Waals surface area contributed by atoms with E-state index in [9.17, 15) is 0 Å². The molecule has 0 bridgehead atoms. The monoisotopic (exact) mass is 317 g/mol. The Kier molecular flexibility index (Phi) is 5.02. The van der Waals surface area contributed by atoms with Crippen molar-refractivity contribution in [3.8, 4) is 0 Å². The minimum absolute atomic E-state index is 0.511. The highest BCUT2D eigenvalue weighted by Crippen LogP contribution is 2.22. The summed E-state index contributed by atoms with van der Waals surface area (Å²) >= 11 is 0. The van der Waals surface area contributed by atoms with Crippen LogP contribution in [0.4, 0.5) is 11.8 Å². The van der Waals surface area contributed by atoms with Crippen molar-refractivity contribution in [2.24, 2.45) is 5.92 Å². The van der Waals surface area contributed by atoms with Crippen LogP contribution in [0.1, 0.15) is 18.5 Å². The zero-order valence-corrected chi connectivity index (χ0v) is 13.6. The Balaban J connectivity index is 1.53. The molecule has 2 aromatic rings. The number of nitrogens with one attached hydrogen (secondary N) is 1. The first-order valence-electron chi connectivity index (χ1n) is 7.92. The average molecular weight is 317 g/mol. The van der Waals surface area contributed by atoms with Crippen LogP contribution in [0.25, 0.3) is 0 Å². The highest BCUT2D eigenvalue weighted by Gasteiger charge is 2.21. The number of ether oxygens (including phenoxy) is 1. The molecule has 0 aliphatic carbocycles. The predicted octanol–water partition coefficient (Wildman–Crippen LogP) is 1.17. The van der Waals surface area contributed by atoms with E-state index in [4.69, 9.17) is 4.74 Å². The number of nitrogens with zero attached hydrogens (tertiary/aromatic N) is 6. The van der Waals surface area contributed by atoms with Crippen molar-refractivity contribution in [3.05, 3.63) is 24.2 Å². The van der Waals surface area contributed by atoms with Crippen LogP contribution in [0.2, 0.25) is 0 Å². The van der Waals surface area contributed by atoms with E-state index in [1.165, 1.54) is 0 Å². The molecule has 0 saturated carbocycles. The molecule has 1 aliphatic heterocycles. The molecule has 1 N–H and O–H groups in total. The fourth-order valence-electron chi connectivity index (χ4n) is 2.86. The van der Waals surface area contributed by atoms with E-state index in [1.807, 2.05) is 24.0 Å². The molecule has 1 saturated heterocycles. The van der Waals surface area contributed by atoms with Crippen molar-refractivity contribution in [3.63, 3.8) is 0 Å². The molecule has 0 amide bonds. The maximum absolute atomic E-state index is 5.07. The second kappa shape index (κ2) is 7.36. The molecular formula is C15H23N7O. The van der Waals surface area contributed by atoms with Crippen LogP contribution < -0.4 is 10.2 Å². The SMILES string of the molecule is CNc1ccnc(N2CCC(Cn3cc(COC)nn3)CC2)n1. The molecule has 0 spiro atoms. The van der Waals surface area contributed by atoms with Crippen LogP contribution in [0, 0.1) is 5.92 Å². The van der Waals surface area contributed by atoms with Crippen molar-refractivity contribution in [2.75, 3.05) is 37.5 Å². The molecule has 0 unspecified atom stereocenters. The van der Waals surface area contributed by atoms with E-state index in [0.717, 1.165) is 49.9 Å². The Hall–Kier alpha value is -2.22. The lowest BCUT2D eigenvalue weighted by Crippen LogP contribution is -2.36. The van der Waals surface area contributed by atoms with E-state index in [-0.39, 0.29) is 0 Å². The van der Waals surface area contributed by atoms with E-state index in [1.54, 1.807) is 13.3 Å². The number of hydrogen-bond acceptors (Lipinski definition) is 7. The van der Waals surface area contributed by atoms with Crippen molar-refractivity contribution in [1.29, 1.82) is 0 Å². The van der Waals surface area contributed by atoms with E-state index in [2.05, 4.69) is 30.5 Å². The molecule has 2 aromatic heterocycles. The van der Waals surface area contributed by atoms with Gasteiger partial charge in [-0.25, -0.2) is 4.98 Å². The van der Waals surface area contributed by atoms with Gasteiger partial charge in [0.15, 0.2) is 0 Å². The van der Waals surface area contributed by atoms with Gasteiger partial charge in [-0.1, -0.05) is 5.21 Å². The molecule has 8 heteroatoms. The number of methoxy groups -OCH3 is 1. The molecule has 124 valence electrons. The van der Waals surface area contributed by atoms with Crippen molar-refractivity contribution in [2.45, 2.75) is 26.0 Å². The van der Waals surface area contributed by atoms with Gasteiger partial charge in [-0.05, 0) is 24.8 Å². The van der Waals surface area contributed by atoms with Crippen molar-refractivity contribution < 1.29 is 4.74 Å². The van der Waals surface area contributed by atoms with E-state index < -0.39 is 0 Å². The lowest BCUT2D eigenvalue weighted by atomic mass is 9.97. The lowest BCUT2D eigenvalue weighted by Gasteiger charge is -2.31. The maximum Gasteiger partial charge on any atom is 0.227 e. The van der Waals surface area contributed by atoms with Gasteiger partial charge in [0.05, 0.1) is 12.8 Å². The number of aromatic nitrogens is 5. The fraction of sp³-hybridized carbons (Fsp3) is 0.600. The molecule has 0 radical (unpaired) electrons. The summed E-state index contributed by atoms with van der Waals surface area (Å²) in [6.45, 7) is 3.36. The maximum atomic E-state index is 5.07. The van der Waals surface area contributed by atoms with Gasteiger partial charge in [0.1, 0.15) is 11.5 Å². The van der Waals surface area contributed by atoms with Crippen LogP contribution in [-0.2, 0) is 17.9 Å². The third-order valence-electron chi connectivity index (χ3n) is 4.12. The second-order valence-corrected chi connectivity index (χ2v) is 5.79. The molecule has 1 fully saturated rings. The molecule has 8 nitrogen and oxygen atoms in total. The number of anilines is 2. The van der Waals surface area contributed by atoms with Gasteiger partial charge in [-0.2, -0.15) is 4.98 Å². The first-order valence-corrected chi connectivity index (χ1v) is 7.92. The number of rotatable bonds is 6. The van der Waals surface area contributed by atoms with Gasteiger partial charge >= 0.3 is 0 Å². The Morgan fingerprint density at radius 2 is 2.17 bits per heavy atom. The van der Waals surface area contributed by atoms with E-state index in [0.29, 0.717) is 12.5 Å². The van der Waals surface area contributed by atoms with Crippen LogP contribution in [0.15, 0.2) is 18.5 Å². The van der Waals surface area contributed by atoms with Gasteiger partial charge in [-0.15, -0.1) is 5.10 Å². The summed E-state index contributed by atoms with van der Waals surface area (Å²) in [6, 6.07) is 1.87. The van der Waals surface area contributed by atoms with Crippen molar-refractivity contribution in [1.82, 2.24) is 25.0 Å². The summed E-state index contributed by atoms with van der Waals surface area (Å²) in [6.07, 6.45) is 5.97. The smallest absolute Gasteiger partial charge is 0.227 e. The Labute approximate surface area is 135 Å². The number of piperidine rings is 1. The van der Waals surface area contributed by atoms with Gasteiger partial charge in [-0.3, -0.25) is 4.68 Å². The third-order valence-corrected chi connectivity index (χ3v) is 4.12. The summed E-state index contributed by atoms with van der Waals surface area (Å²) in [4.78, 5) is 11.1. The molecule has 3 rings (SSSR count). The molecule has 23 heavy (non-hydrogen) atoms. The summed E-state index contributed by atoms with van der Waals surface area (Å²) < 4.78 is 7.00. The zero-order chi connectivity index (χ0) is 16.1. The van der Waals surface area contributed by atoms with Gasteiger partial charge in [0.25, 0.3) is 0 Å². The summed E-state index contributed by atoms with van der Waals surface area (Å²) in [5.41, 5.74) is 0.877. The van der Waals surface area contributed by atoms with Gasteiger partial charge < -0.3 is 15.0 Å². The van der Waals surface area contributed by atoms with Gasteiger partial charge in [0, 0.05) is 40.0 Å². The van der Waals surface area contributed by atoms with Crippen LogP contribution >= 0.6 is 0 Å². The summed E-state index contributed by atoms with van der Waals surface area (Å²) in [5, 5.41) is 11.3. The largest absolute Gasteiger partial charge is 0.378 e. The molecular weight excluding hydrogens is 294 g/mol. The fourth-order valence-corrected chi connectivity index (χ4v) is 2.86. The highest BCUT2D eigenvalue weighted by molar-refractivity contribution is 5.40. The highest BCUT2D eigenvalue weighted by atomic mass is 16.5.